The summed E-state index contributed by atoms with van der Waals surface area (Å²) in [5.74, 6) is 0.461. The van der Waals surface area contributed by atoms with Crippen molar-refractivity contribution in [3.63, 3.8) is 0 Å². The molecule has 2 heterocycles. The highest BCUT2D eigenvalue weighted by Crippen LogP contribution is 2.19. The zero-order valence-corrected chi connectivity index (χ0v) is 13.9. The molecule has 0 unspecified atom stereocenters. The second kappa shape index (κ2) is 6.88. The predicted octanol–water partition coefficient (Wildman–Crippen LogP) is 1.92. The second-order valence-corrected chi connectivity index (χ2v) is 5.96. The Morgan fingerprint density at radius 3 is 2.92 bits per heavy atom. The number of aliphatic hydroxyl groups excluding tert-OH is 1. The molecule has 2 N–H and O–H groups in total. The zero-order valence-electron chi connectivity index (χ0n) is 13.9. The van der Waals surface area contributed by atoms with Crippen LogP contribution in [0.2, 0.25) is 0 Å². The van der Waals surface area contributed by atoms with Crippen molar-refractivity contribution < 1.29 is 9.90 Å². The Kier molecular flexibility index (Phi) is 4.66. The van der Waals surface area contributed by atoms with Crippen LogP contribution in [0.15, 0.2) is 42.7 Å². The number of carbonyl (C=O) groups excluding carboxylic acids is 1. The van der Waals surface area contributed by atoms with Gasteiger partial charge in [0.15, 0.2) is 0 Å². The maximum absolute atomic E-state index is 12.1. The lowest BCUT2D eigenvalue weighted by Gasteiger charge is -2.13. The van der Waals surface area contributed by atoms with E-state index >= 15 is 0 Å². The van der Waals surface area contributed by atoms with E-state index in [-0.39, 0.29) is 12.5 Å². The molecule has 24 heavy (non-hydrogen) atoms. The van der Waals surface area contributed by atoms with Crippen molar-refractivity contribution in [3.8, 4) is 0 Å². The molecule has 0 bridgehead atoms. The molecular weight excluding hydrogens is 304 g/mol. The third-order valence-electron chi connectivity index (χ3n) is 4.23. The van der Waals surface area contributed by atoms with Crippen molar-refractivity contribution in [2.45, 2.75) is 26.0 Å². The van der Waals surface area contributed by atoms with Crippen LogP contribution in [0.25, 0.3) is 10.9 Å². The molecule has 6 nitrogen and oxygen atoms in total. The van der Waals surface area contributed by atoms with E-state index in [4.69, 9.17) is 0 Å². The first-order chi connectivity index (χ1) is 11.6. The number of hydrogen-bond acceptors (Lipinski definition) is 3. The molecule has 0 aliphatic rings. The molecule has 0 aliphatic carbocycles. The fraction of sp³-hybridized carbons (Fsp3) is 0.333. The van der Waals surface area contributed by atoms with E-state index in [2.05, 4.69) is 33.1 Å². The number of benzene rings is 1. The van der Waals surface area contributed by atoms with Crippen LogP contribution in [0, 0.1) is 6.92 Å². The van der Waals surface area contributed by atoms with Gasteiger partial charge in [-0.1, -0.05) is 18.2 Å². The van der Waals surface area contributed by atoms with E-state index in [9.17, 15) is 9.90 Å². The summed E-state index contributed by atoms with van der Waals surface area (Å²) in [5, 5.41) is 14.0. The van der Waals surface area contributed by atoms with Gasteiger partial charge in [0.25, 0.3) is 0 Å². The van der Waals surface area contributed by atoms with Gasteiger partial charge in [-0.2, -0.15) is 0 Å². The number of nitrogens with one attached hydrogen (secondary N) is 1. The molecule has 126 valence electrons. The minimum atomic E-state index is -0.803. The number of hydrogen-bond donors (Lipinski definition) is 2. The third kappa shape index (κ3) is 3.33. The van der Waals surface area contributed by atoms with Crippen LogP contribution in [-0.2, 0) is 18.4 Å². The summed E-state index contributed by atoms with van der Waals surface area (Å²) >= 11 is 0. The van der Waals surface area contributed by atoms with Gasteiger partial charge in [0.05, 0.1) is 6.54 Å². The number of para-hydroxylation sites is 1. The number of aliphatic hydroxyl groups is 1. The first-order valence-electron chi connectivity index (χ1n) is 8.03. The summed E-state index contributed by atoms with van der Waals surface area (Å²) in [5.41, 5.74) is 2.27. The molecule has 1 aromatic carbocycles. The fourth-order valence-corrected chi connectivity index (χ4v) is 2.95. The van der Waals surface area contributed by atoms with Gasteiger partial charge in [0.1, 0.15) is 11.9 Å². The topological polar surface area (TPSA) is 72.1 Å². The van der Waals surface area contributed by atoms with Crippen molar-refractivity contribution in [3.05, 3.63) is 54.2 Å². The molecule has 3 rings (SSSR count). The van der Waals surface area contributed by atoms with Crippen LogP contribution >= 0.6 is 0 Å². The van der Waals surface area contributed by atoms with Gasteiger partial charge in [0, 0.05) is 43.6 Å². The summed E-state index contributed by atoms with van der Waals surface area (Å²) in [4.78, 5) is 16.2. The lowest BCUT2D eigenvalue weighted by molar-refractivity contribution is -0.121. The minimum absolute atomic E-state index is 0.0829. The molecule has 0 saturated heterocycles. The first kappa shape index (κ1) is 16.3. The smallest absolute Gasteiger partial charge is 0.221 e. The molecule has 0 spiro atoms. The maximum Gasteiger partial charge on any atom is 0.221 e. The number of aryl methyl sites for hydroxylation is 3. The predicted molar refractivity (Wildman–Crippen MR) is 92.5 cm³/mol. The maximum atomic E-state index is 12.1. The van der Waals surface area contributed by atoms with Gasteiger partial charge in [-0.25, -0.2) is 4.98 Å². The quantitative estimate of drug-likeness (QED) is 0.727. The number of aromatic nitrogens is 3. The van der Waals surface area contributed by atoms with Gasteiger partial charge >= 0.3 is 0 Å². The van der Waals surface area contributed by atoms with Gasteiger partial charge in [-0.15, -0.1) is 0 Å². The fourth-order valence-electron chi connectivity index (χ4n) is 2.95. The van der Waals surface area contributed by atoms with Crippen LogP contribution in [0.1, 0.15) is 24.0 Å². The van der Waals surface area contributed by atoms with E-state index in [1.165, 1.54) is 5.39 Å². The Bertz CT molecular complexity index is 850. The van der Waals surface area contributed by atoms with Crippen LogP contribution in [0.4, 0.5) is 0 Å². The van der Waals surface area contributed by atoms with E-state index in [0.717, 1.165) is 11.2 Å². The van der Waals surface area contributed by atoms with Crippen molar-refractivity contribution in [1.29, 1.82) is 0 Å². The average Bonchev–Trinajstić information content (AvgIpc) is 3.13. The van der Waals surface area contributed by atoms with Crippen molar-refractivity contribution in [2.75, 3.05) is 6.54 Å². The number of amides is 1. The lowest BCUT2D eigenvalue weighted by atomic mass is 10.2. The van der Waals surface area contributed by atoms with E-state index in [0.29, 0.717) is 18.8 Å². The van der Waals surface area contributed by atoms with Gasteiger partial charge in [-0.3, -0.25) is 4.79 Å². The first-order valence-corrected chi connectivity index (χ1v) is 8.03. The Morgan fingerprint density at radius 2 is 2.17 bits per heavy atom. The molecule has 3 aromatic rings. The molecule has 2 aromatic heterocycles. The number of fused-ring (bicyclic) bond motifs is 1. The molecule has 1 atom stereocenters. The Hall–Kier alpha value is -2.60. The molecule has 0 aliphatic heterocycles. The minimum Gasteiger partial charge on any atom is -0.383 e. The summed E-state index contributed by atoms with van der Waals surface area (Å²) in [6, 6.07) is 10.3. The van der Waals surface area contributed by atoms with Gasteiger partial charge < -0.3 is 19.6 Å². The zero-order chi connectivity index (χ0) is 17.1. The number of rotatable bonds is 6. The second-order valence-electron chi connectivity index (χ2n) is 5.96. The Balaban J connectivity index is 1.56. The standard InChI is InChI=1S/C18H22N4O2/c1-13-11-14-5-3-4-6-15(14)22(13)9-7-17(24)20-12-16(23)18-19-8-10-21(18)2/h3-6,8,10-11,16,23H,7,9,12H2,1-2H3,(H,20,24)/t16-/m1/s1. The van der Waals surface area contributed by atoms with E-state index < -0.39 is 6.10 Å². The van der Waals surface area contributed by atoms with E-state index in [1.807, 2.05) is 26.1 Å². The molecule has 6 heteroatoms. The number of nitrogens with zero attached hydrogens (tertiary/aromatic N) is 3. The highest BCUT2D eigenvalue weighted by atomic mass is 16.3. The van der Waals surface area contributed by atoms with Crippen LogP contribution in [0.5, 0.6) is 0 Å². The lowest BCUT2D eigenvalue weighted by Crippen LogP contribution is -2.30. The normalized spacial score (nSPS) is 12.5. The Morgan fingerprint density at radius 1 is 1.38 bits per heavy atom. The van der Waals surface area contributed by atoms with Gasteiger partial charge in [0.2, 0.25) is 5.91 Å². The summed E-state index contributed by atoms with van der Waals surface area (Å²) in [7, 11) is 1.81. The highest BCUT2D eigenvalue weighted by Gasteiger charge is 2.14. The molecule has 0 radical (unpaired) electrons. The molecule has 0 saturated carbocycles. The average molecular weight is 326 g/mol. The monoisotopic (exact) mass is 326 g/mol. The number of imidazole rings is 1. The van der Waals surface area contributed by atoms with E-state index in [1.54, 1.807) is 17.0 Å². The van der Waals surface area contributed by atoms with Crippen molar-refractivity contribution in [2.24, 2.45) is 7.05 Å². The van der Waals surface area contributed by atoms with Crippen molar-refractivity contribution >= 4 is 16.8 Å². The summed E-state index contributed by atoms with van der Waals surface area (Å²) < 4.78 is 3.89. The third-order valence-corrected chi connectivity index (χ3v) is 4.23. The summed E-state index contributed by atoms with van der Waals surface area (Å²) in [6.45, 7) is 2.82. The Labute approximate surface area is 140 Å². The van der Waals surface area contributed by atoms with Crippen LogP contribution in [0.3, 0.4) is 0 Å². The highest BCUT2D eigenvalue weighted by molar-refractivity contribution is 5.81. The van der Waals surface area contributed by atoms with Gasteiger partial charge in [-0.05, 0) is 24.4 Å². The number of carbonyl (C=O) groups is 1. The molecular formula is C18H22N4O2. The SMILES string of the molecule is Cc1cc2ccccc2n1CCC(=O)NC[C@@H](O)c1nccn1C. The van der Waals surface area contributed by atoms with Crippen molar-refractivity contribution in [1.82, 2.24) is 19.4 Å². The van der Waals surface area contributed by atoms with Crippen LogP contribution < -0.4 is 5.32 Å². The summed E-state index contributed by atoms with van der Waals surface area (Å²) in [6.07, 6.45) is 2.95. The molecule has 1 amide bonds. The largest absolute Gasteiger partial charge is 0.383 e. The molecule has 0 fully saturated rings. The van der Waals surface area contributed by atoms with Crippen LogP contribution in [-0.4, -0.2) is 31.7 Å².